The number of alkyl halides is 3. The molecule has 0 aliphatic carbocycles. The molecule has 0 fully saturated rings. The Balaban J connectivity index is 2.58. The number of furan rings is 1. The second kappa shape index (κ2) is 4.40. The van der Waals surface area contributed by atoms with Crippen LogP contribution in [0, 0.1) is 0 Å². The van der Waals surface area contributed by atoms with Crippen molar-refractivity contribution in [2.45, 2.75) is 9.96 Å². The zero-order valence-electron chi connectivity index (χ0n) is 6.84. The van der Waals surface area contributed by atoms with Gasteiger partial charge in [0.25, 0.3) is 5.91 Å². The topological polar surface area (TPSA) is 68.3 Å². The predicted octanol–water partition coefficient (Wildman–Crippen LogP) is 1.66. The summed E-state index contributed by atoms with van der Waals surface area (Å²) in [6, 6.07) is 3.04. The number of nitrogens with one attached hydrogen (secondary N) is 1. The van der Waals surface area contributed by atoms with Crippen LogP contribution >= 0.6 is 34.8 Å². The van der Waals surface area contributed by atoms with E-state index in [0.29, 0.717) is 0 Å². The van der Waals surface area contributed by atoms with E-state index in [9.17, 15) is 4.79 Å². The third-order valence-electron chi connectivity index (χ3n) is 1.38. The van der Waals surface area contributed by atoms with Gasteiger partial charge in [-0.05, 0) is 12.1 Å². The maximum absolute atomic E-state index is 11.3. The summed E-state index contributed by atoms with van der Waals surface area (Å²) in [5.74, 6) is -0.427. The summed E-state index contributed by atoms with van der Waals surface area (Å²) >= 11 is 16.3. The van der Waals surface area contributed by atoms with Crippen molar-refractivity contribution in [2.75, 3.05) is 0 Å². The van der Waals surface area contributed by atoms with E-state index in [1.165, 1.54) is 12.3 Å². The molecule has 0 bridgehead atoms. The Bertz CT molecular complexity index is 307. The SMILES string of the molecule is NC(NC(=O)c1ccco1)C(Cl)(Cl)Cl. The van der Waals surface area contributed by atoms with Crippen LogP contribution in [-0.2, 0) is 0 Å². The quantitative estimate of drug-likeness (QED) is 0.625. The average Bonchev–Trinajstić information content (AvgIpc) is 2.53. The molecular formula is C7H7Cl3N2O2. The number of amides is 1. The van der Waals surface area contributed by atoms with E-state index in [4.69, 9.17) is 45.0 Å². The molecule has 0 spiro atoms. The van der Waals surface area contributed by atoms with Gasteiger partial charge in [-0.25, -0.2) is 0 Å². The normalized spacial score (nSPS) is 13.7. The predicted molar refractivity (Wildman–Crippen MR) is 54.4 cm³/mol. The Morgan fingerprint density at radius 2 is 2.21 bits per heavy atom. The van der Waals surface area contributed by atoms with Gasteiger partial charge in [0.05, 0.1) is 6.26 Å². The molecule has 1 amide bonds. The van der Waals surface area contributed by atoms with Gasteiger partial charge >= 0.3 is 0 Å². The molecule has 0 saturated heterocycles. The minimum atomic E-state index is -1.75. The number of hydrogen-bond donors (Lipinski definition) is 2. The first-order valence-corrected chi connectivity index (χ1v) is 4.71. The summed E-state index contributed by atoms with van der Waals surface area (Å²) in [6.45, 7) is 0. The lowest BCUT2D eigenvalue weighted by molar-refractivity contribution is 0.0910. The molecule has 0 aliphatic rings. The van der Waals surface area contributed by atoms with Crippen molar-refractivity contribution < 1.29 is 9.21 Å². The molecule has 4 nitrogen and oxygen atoms in total. The van der Waals surface area contributed by atoms with Crippen LogP contribution in [0.25, 0.3) is 0 Å². The highest BCUT2D eigenvalue weighted by molar-refractivity contribution is 6.68. The van der Waals surface area contributed by atoms with E-state index >= 15 is 0 Å². The third-order valence-corrected chi connectivity index (χ3v) is 2.09. The monoisotopic (exact) mass is 256 g/mol. The van der Waals surface area contributed by atoms with E-state index in [1.54, 1.807) is 6.07 Å². The molecule has 0 aliphatic heterocycles. The van der Waals surface area contributed by atoms with E-state index in [2.05, 4.69) is 5.32 Å². The first-order chi connectivity index (χ1) is 6.41. The molecule has 1 atom stereocenters. The summed E-state index contributed by atoms with van der Waals surface area (Å²) in [7, 11) is 0. The van der Waals surface area contributed by atoms with Crippen molar-refractivity contribution in [2.24, 2.45) is 5.73 Å². The average molecular weight is 258 g/mol. The van der Waals surface area contributed by atoms with Crippen molar-refractivity contribution in [3.8, 4) is 0 Å². The van der Waals surface area contributed by atoms with Crippen molar-refractivity contribution in [1.82, 2.24) is 5.32 Å². The number of rotatable bonds is 2. The fourth-order valence-electron chi connectivity index (χ4n) is 0.702. The van der Waals surface area contributed by atoms with Gasteiger partial charge in [0.2, 0.25) is 3.79 Å². The van der Waals surface area contributed by atoms with Crippen LogP contribution in [0.4, 0.5) is 0 Å². The van der Waals surface area contributed by atoms with Crippen LogP contribution in [0.2, 0.25) is 0 Å². The van der Waals surface area contributed by atoms with E-state index in [-0.39, 0.29) is 5.76 Å². The van der Waals surface area contributed by atoms with Gasteiger partial charge in [0.15, 0.2) is 5.76 Å². The molecule has 1 heterocycles. The maximum atomic E-state index is 11.3. The molecule has 1 aromatic heterocycles. The zero-order valence-corrected chi connectivity index (χ0v) is 9.10. The van der Waals surface area contributed by atoms with Gasteiger partial charge < -0.3 is 15.5 Å². The molecule has 0 radical (unpaired) electrons. The van der Waals surface area contributed by atoms with E-state index in [1.807, 2.05) is 0 Å². The van der Waals surface area contributed by atoms with Crippen molar-refractivity contribution in [3.05, 3.63) is 24.2 Å². The maximum Gasteiger partial charge on any atom is 0.288 e. The summed E-state index contributed by atoms with van der Waals surface area (Å²) in [6.07, 6.45) is 0.264. The number of hydrogen-bond acceptors (Lipinski definition) is 3. The molecule has 14 heavy (non-hydrogen) atoms. The van der Waals surface area contributed by atoms with Crippen LogP contribution in [-0.4, -0.2) is 15.9 Å². The molecule has 7 heteroatoms. The second-order valence-corrected chi connectivity index (χ2v) is 4.84. The van der Waals surface area contributed by atoms with Crippen LogP contribution in [0.5, 0.6) is 0 Å². The first-order valence-electron chi connectivity index (χ1n) is 3.58. The van der Waals surface area contributed by atoms with Gasteiger partial charge in [0, 0.05) is 0 Å². The van der Waals surface area contributed by atoms with Crippen LogP contribution in [0.1, 0.15) is 10.6 Å². The Kier molecular flexibility index (Phi) is 3.66. The molecule has 1 rings (SSSR count). The van der Waals surface area contributed by atoms with Crippen molar-refractivity contribution >= 4 is 40.7 Å². The summed E-state index contributed by atoms with van der Waals surface area (Å²) in [5, 5.41) is 2.27. The molecule has 78 valence electrons. The van der Waals surface area contributed by atoms with Gasteiger partial charge in [0.1, 0.15) is 6.17 Å². The highest BCUT2D eigenvalue weighted by atomic mass is 35.6. The summed E-state index contributed by atoms with van der Waals surface area (Å²) in [5.41, 5.74) is 5.39. The number of carbonyl (C=O) groups excluding carboxylic acids is 1. The number of nitrogens with two attached hydrogens (primary N) is 1. The number of halogens is 3. The second-order valence-electron chi connectivity index (χ2n) is 2.47. The van der Waals surface area contributed by atoms with Crippen LogP contribution in [0.3, 0.4) is 0 Å². The lowest BCUT2D eigenvalue weighted by Crippen LogP contribution is -2.50. The fraction of sp³-hybridized carbons (Fsp3) is 0.286. The Hall–Kier alpha value is -0.420. The molecular weight excluding hydrogens is 250 g/mol. The Morgan fingerprint density at radius 1 is 1.57 bits per heavy atom. The Morgan fingerprint density at radius 3 is 2.64 bits per heavy atom. The van der Waals surface area contributed by atoms with E-state index < -0.39 is 15.9 Å². The van der Waals surface area contributed by atoms with E-state index in [0.717, 1.165) is 0 Å². The summed E-state index contributed by atoms with van der Waals surface area (Å²) in [4.78, 5) is 11.3. The lowest BCUT2D eigenvalue weighted by atomic mass is 10.4. The van der Waals surface area contributed by atoms with Crippen LogP contribution in [0.15, 0.2) is 22.8 Å². The highest BCUT2D eigenvalue weighted by Gasteiger charge is 2.31. The molecule has 0 saturated carbocycles. The van der Waals surface area contributed by atoms with Gasteiger partial charge in [-0.15, -0.1) is 0 Å². The molecule has 3 N–H and O–H groups in total. The standard InChI is InChI=1S/C7H7Cl3N2O2/c8-7(9,10)6(11)12-5(13)4-2-1-3-14-4/h1-3,6H,11H2,(H,12,13). The smallest absolute Gasteiger partial charge is 0.288 e. The summed E-state index contributed by atoms with van der Waals surface area (Å²) < 4.78 is 3.06. The van der Waals surface area contributed by atoms with Crippen molar-refractivity contribution in [3.63, 3.8) is 0 Å². The number of carbonyl (C=O) groups is 1. The lowest BCUT2D eigenvalue weighted by Gasteiger charge is -2.20. The van der Waals surface area contributed by atoms with Gasteiger partial charge in [-0.1, -0.05) is 34.8 Å². The molecule has 1 unspecified atom stereocenters. The Labute approximate surface area is 95.3 Å². The highest BCUT2D eigenvalue weighted by Crippen LogP contribution is 2.27. The molecule has 0 aromatic carbocycles. The molecule has 1 aromatic rings. The minimum Gasteiger partial charge on any atom is -0.459 e. The third kappa shape index (κ3) is 3.06. The zero-order chi connectivity index (χ0) is 10.8. The van der Waals surface area contributed by atoms with Crippen molar-refractivity contribution in [1.29, 1.82) is 0 Å². The largest absolute Gasteiger partial charge is 0.459 e. The fourth-order valence-corrected chi connectivity index (χ4v) is 0.866. The van der Waals surface area contributed by atoms with Gasteiger partial charge in [-0.3, -0.25) is 4.79 Å². The minimum absolute atomic E-state index is 0.106. The first kappa shape index (κ1) is 11.7. The van der Waals surface area contributed by atoms with Crippen LogP contribution < -0.4 is 11.1 Å². The van der Waals surface area contributed by atoms with Gasteiger partial charge in [-0.2, -0.15) is 0 Å².